The summed E-state index contributed by atoms with van der Waals surface area (Å²) in [7, 11) is 0. The number of hydrogen-bond donors (Lipinski definition) is 0. The maximum atomic E-state index is 12.8. The molecule has 1 aromatic heterocycles. The average molecular weight is 411 g/mol. The smallest absolute Gasteiger partial charge is 0.343 e. The van der Waals surface area contributed by atoms with E-state index in [4.69, 9.17) is 14.2 Å². The van der Waals surface area contributed by atoms with Crippen LogP contribution in [0, 0.1) is 11.3 Å². The highest BCUT2D eigenvalue weighted by molar-refractivity contribution is 5.89. The average Bonchev–Trinajstić information content (AvgIpc) is 2.86. The van der Waals surface area contributed by atoms with E-state index in [2.05, 4.69) is 38.3 Å². The summed E-state index contributed by atoms with van der Waals surface area (Å²) >= 11 is 0. The van der Waals surface area contributed by atoms with Gasteiger partial charge in [0.15, 0.2) is 16.9 Å². The first kappa shape index (κ1) is 20.5. The van der Waals surface area contributed by atoms with Crippen LogP contribution in [0.3, 0.4) is 0 Å². The lowest BCUT2D eigenvalue weighted by Crippen LogP contribution is -2.33. The first-order chi connectivity index (χ1) is 14.2. The minimum absolute atomic E-state index is 0.0671. The molecule has 2 atom stereocenters. The van der Waals surface area contributed by atoms with Crippen LogP contribution in [0.15, 0.2) is 29.2 Å². The summed E-state index contributed by atoms with van der Waals surface area (Å²) in [6.45, 7) is 11.8. The van der Waals surface area contributed by atoms with Gasteiger partial charge >= 0.3 is 5.97 Å². The molecule has 0 radical (unpaired) electrons. The summed E-state index contributed by atoms with van der Waals surface area (Å²) in [4.78, 5) is 25.1. The van der Waals surface area contributed by atoms with Gasteiger partial charge in [-0.2, -0.15) is 0 Å². The molecule has 0 amide bonds. The lowest BCUT2D eigenvalue weighted by Gasteiger charge is -2.39. The normalized spacial score (nSPS) is 20.0. The molecule has 2 aliphatic heterocycles. The highest BCUT2D eigenvalue weighted by atomic mass is 16.5. The summed E-state index contributed by atoms with van der Waals surface area (Å²) in [6, 6.07) is 5.64. The fourth-order valence-corrected chi connectivity index (χ4v) is 4.16. The maximum absolute atomic E-state index is 12.8. The number of pyridine rings is 1. The molecule has 0 fully saturated rings. The van der Waals surface area contributed by atoms with Crippen molar-refractivity contribution in [1.82, 2.24) is 4.57 Å². The summed E-state index contributed by atoms with van der Waals surface area (Å²) < 4.78 is 19.1. The van der Waals surface area contributed by atoms with Crippen molar-refractivity contribution in [2.24, 2.45) is 11.3 Å². The Morgan fingerprint density at radius 1 is 1.17 bits per heavy atom. The van der Waals surface area contributed by atoms with Gasteiger partial charge in [0.05, 0.1) is 25.5 Å². The number of hydrogen-bond acceptors (Lipinski definition) is 5. The first-order valence-corrected chi connectivity index (χ1v) is 10.5. The van der Waals surface area contributed by atoms with E-state index in [1.54, 1.807) is 19.2 Å². The number of carbonyl (C=O) groups excluding carboxylic acids is 1. The molecule has 160 valence electrons. The Bertz CT molecular complexity index is 1050. The van der Waals surface area contributed by atoms with Crippen molar-refractivity contribution in [3.05, 3.63) is 45.7 Å². The number of aromatic nitrogens is 1. The third-order valence-corrected chi connectivity index (χ3v) is 5.82. The van der Waals surface area contributed by atoms with Gasteiger partial charge in [-0.25, -0.2) is 4.79 Å². The van der Waals surface area contributed by atoms with Crippen LogP contribution in [0.4, 0.5) is 0 Å². The molecule has 0 saturated carbocycles. The van der Waals surface area contributed by atoms with Crippen molar-refractivity contribution in [3.63, 3.8) is 0 Å². The van der Waals surface area contributed by atoms with E-state index >= 15 is 0 Å². The van der Waals surface area contributed by atoms with Gasteiger partial charge in [0.2, 0.25) is 0 Å². The number of fused-ring (bicyclic) bond motifs is 4. The molecule has 0 aliphatic carbocycles. The van der Waals surface area contributed by atoms with Gasteiger partial charge in [0.1, 0.15) is 5.56 Å². The number of carbonyl (C=O) groups is 1. The van der Waals surface area contributed by atoms with Gasteiger partial charge in [0, 0.05) is 29.8 Å². The molecule has 6 heteroatoms. The van der Waals surface area contributed by atoms with Crippen LogP contribution in [0.25, 0.3) is 11.3 Å². The van der Waals surface area contributed by atoms with Gasteiger partial charge in [0.25, 0.3) is 0 Å². The Hall–Kier alpha value is -2.76. The van der Waals surface area contributed by atoms with Crippen LogP contribution in [-0.4, -0.2) is 30.4 Å². The Morgan fingerprint density at radius 3 is 2.47 bits per heavy atom. The molecule has 0 saturated heterocycles. The van der Waals surface area contributed by atoms with Crippen LogP contribution in [0.1, 0.15) is 56.6 Å². The molecule has 2 unspecified atom stereocenters. The number of ether oxygens (including phenoxy) is 3. The maximum Gasteiger partial charge on any atom is 0.343 e. The quantitative estimate of drug-likeness (QED) is 0.692. The molecule has 2 aromatic rings. The van der Waals surface area contributed by atoms with E-state index < -0.39 is 5.97 Å². The molecule has 1 aromatic carbocycles. The van der Waals surface area contributed by atoms with Gasteiger partial charge in [-0.05, 0) is 36.5 Å². The standard InChI is InChI=1S/C24H29NO5/c1-6-28-23(27)17-11-25-18(10-19(17)26)16-9-21-20(29-12-14(2)13-30-21)7-15(16)8-22(25)24(3,4)5/h7,9-11,14,22H,6,8,12-13H2,1-5H3. The van der Waals surface area contributed by atoms with E-state index in [0.29, 0.717) is 24.9 Å². The van der Waals surface area contributed by atoms with Crippen LogP contribution < -0.4 is 14.9 Å². The second-order valence-corrected chi connectivity index (χ2v) is 9.33. The zero-order chi connectivity index (χ0) is 21.6. The number of nitrogens with zero attached hydrogens (tertiary/aromatic N) is 1. The highest BCUT2D eigenvalue weighted by Gasteiger charge is 2.34. The molecule has 0 N–H and O–H groups in total. The molecule has 4 rings (SSSR count). The Labute approximate surface area is 176 Å². The third kappa shape index (κ3) is 3.59. The van der Waals surface area contributed by atoms with E-state index in [0.717, 1.165) is 29.0 Å². The van der Waals surface area contributed by atoms with E-state index in [-0.39, 0.29) is 29.1 Å². The number of esters is 1. The van der Waals surface area contributed by atoms with Crippen molar-refractivity contribution in [2.45, 2.75) is 47.1 Å². The summed E-state index contributed by atoms with van der Waals surface area (Å²) in [5.41, 5.74) is 2.50. The summed E-state index contributed by atoms with van der Waals surface area (Å²) in [6.07, 6.45) is 2.43. The first-order valence-electron chi connectivity index (χ1n) is 10.5. The zero-order valence-corrected chi connectivity index (χ0v) is 18.3. The van der Waals surface area contributed by atoms with Crippen molar-refractivity contribution in [1.29, 1.82) is 0 Å². The molecular weight excluding hydrogens is 382 g/mol. The van der Waals surface area contributed by atoms with E-state index in [1.165, 1.54) is 0 Å². The SMILES string of the molecule is CCOC(=O)c1cn2c(cc1=O)-c1cc3c(cc1CC2C(C)(C)C)OCC(C)CO3. The Balaban J connectivity index is 1.90. The van der Waals surface area contributed by atoms with Crippen LogP contribution in [0.2, 0.25) is 0 Å². The molecular formula is C24H29NO5. The van der Waals surface area contributed by atoms with Crippen molar-refractivity contribution in [2.75, 3.05) is 19.8 Å². The second kappa shape index (κ2) is 7.49. The fourth-order valence-electron chi connectivity index (χ4n) is 4.16. The highest BCUT2D eigenvalue weighted by Crippen LogP contribution is 2.46. The Kier molecular flexibility index (Phi) is 5.12. The van der Waals surface area contributed by atoms with Gasteiger partial charge in [-0.1, -0.05) is 27.7 Å². The molecule has 2 aliphatic rings. The third-order valence-electron chi connectivity index (χ3n) is 5.82. The van der Waals surface area contributed by atoms with Gasteiger partial charge in [-0.3, -0.25) is 4.79 Å². The van der Waals surface area contributed by atoms with Crippen LogP contribution >= 0.6 is 0 Å². The molecule has 3 heterocycles. The molecule has 0 spiro atoms. The lowest BCUT2D eigenvalue weighted by molar-refractivity contribution is 0.0523. The molecule has 0 bridgehead atoms. The molecule has 6 nitrogen and oxygen atoms in total. The van der Waals surface area contributed by atoms with E-state index in [1.807, 2.05) is 6.07 Å². The number of rotatable bonds is 2. The summed E-state index contributed by atoms with van der Waals surface area (Å²) in [5.74, 6) is 1.17. The van der Waals surface area contributed by atoms with Crippen LogP contribution in [0.5, 0.6) is 11.5 Å². The monoisotopic (exact) mass is 411 g/mol. The summed E-state index contributed by atoms with van der Waals surface area (Å²) in [5, 5.41) is 0. The predicted octanol–water partition coefficient (Wildman–Crippen LogP) is 4.24. The topological polar surface area (TPSA) is 66.8 Å². The largest absolute Gasteiger partial charge is 0.489 e. The second-order valence-electron chi connectivity index (χ2n) is 9.33. The van der Waals surface area contributed by atoms with E-state index in [9.17, 15) is 9.59 Å². The van der Waals surface area contributed by atoms with Crippen molar-refractivity contribution >= 4 is 5.97 Å². The van der Waals surface area contributed by atoms with Crippen LogP contribution in [-0.2, 0) is 11.2 Å². The van der Waals surface area contributed by atoms with Gasteiger partial charge in [-0.15, -0.1) is 0 Å². The lowest BCUT2D eigenvalue weighted by atomic mass is 9.78. The molecule has 30 heavy (non-hydrogen) atoms. The minimum Gasteiger partial charge on any atom is -0.489 e. The minimum atomic E-state index is -0.580. The fraction of sp³-hybridized carbons (Fsp3) is 0.500. The van der Waals surface area contributed by atoms with Crippen molar-refractivity contribution < 1.29 is 19.0 Å². The number of benzene rings is 1. The predicted molar refractivity (Wildman–Crippen MR) is 114 cm³/mol. The van der Waals surface area contributed by atoms with Crippen molar-refractivity contribution in [3.8, 4) is 22.8 Å². The Morgan fingerprint density at radius 2 is 1.83 bits per heavy atom. The zero-order valence-electron chi connectivity index (χ0n) is 18.3. The van der Waals surface area contributed by atoms with Gasteiger partial charge < -0.3 is 18.8 Å².